The molecule has 29 heavy (non-hydrogen) atoms. The summed E-state index contributed by atoms with van der Waals surface area (Å²) in [5.74, 6) is 2.39. The highest BCUT2D eigenvalue weighted by atomic mass is 127. The van der Waals surface area contributed by atoms with Crippen LogP contribution in [-0.2, 0) is 12.3 Å². The van der Waals surface area contributed by atoms with Crippen molar-refractivity contribution in [2.24, 2.45) is 4.99 Å². The molecule has 3 rings (SSSR count). The smallest absolute Gasteiger partial charge is 0.194 e. The highest BCUT2D eigenvalue weighted by molar-refractivity contribution is 14.0. The van der Waals surface area contributed by atoms with E-state index in [-0.39, 0.29) is 29.8 Å². The Morgan fingerprint density at radius 2 is 2.03 bits per heavy atom. The molecular weight excluding hydrogens is 504 g/mol. The zero-order chi connectivity index (χ0) is 19.6. The summed E-state index contributed by atoms with van der Waals surface area (Å²) >= 11 is 1.71. The molecule has 1 N–H and O–H groups in total. The molecule has 0 atom stereocenters. The van der Waals surface area contributed by atoms with Gasteiger partial charge in [0.15, 0.2) is 5.96 Å². The number of benzene rings is 1. The molecule has 1 aromatic heterocycles. The summed E-state index contributed by atoms with van der Waals surface area (Å²) in [6.45, 7) is 8.30. The first-order valence-electron chi connectivity index (χ1n) is 9.72. The number of aromatic nitrogens is 1. The summed E-state index contributed by atoms with van der Waals surface area (Å²) in [7, 11) is 0. The second kappa shape index (κ2) is 13.1. The van der Waals surface area contributed by atoms with Gasteiger partial charge in [-0.15, -0.1) is 24.0 Å². The predicted molar refractivity (Wildman–Crippen MR) is 127 cm³/mol. The quantitative estimate of drug-likeness (QED) is 0.243. The Morgan fingerprint density at radius 3 is 2.72 bits per heavy atom. The monoisotopic (exact) mass is 533 g/mol. The van der Waals surface area contributed by atoms with E-state index in [1.807, 2.05) is 18.2 Å². The Labute approximate surface area is 193 Å². The van der Waals surface area contributed by atoms with Crippen molar-refractivity contribution in [3.63, 3.8) is 0 Å². The van der Waals surface area contributed by atoms with Crippen molar-refractivity contribution in [3.8, 4) is 0 Å². The summed E-state index contributed by atoms with van der Waals surface area (Å²) in [6.07, 6.45) is 1.62. The fourth-order valence-electron chi connectivity index (χ4n) is 3.11. The molecule has 0 saturated carbocycles. The molecule has 1 saturated heterocycles. The number of nitrogens with zero attached hydrogens (tertiary/aromatic N) is 4. The van der Waals surface area contributed by atoms with E-state index in [4.69, 9.17) is 9.52 Å². The van der Waals surface area contributed by atoms with E-state index in [1.54, 1.807) is 24.1 Å². The summed E-state index contributed by atoms with van der Waals surface area (Å²) in [5.41, 5.74) is 1.73. The standard InChI is InChI=1S/C20H28FN5OS.HI/c1-2-22-20(23-8-14-28-16-17-5-3-4-6-19(17)21)26-11-9-25(10-12-26)15-18-7-13-27-24-18;/h3-7,13H,2,8-12,14-16H2,1H3,(H,22,23);1H. The summed E-state index contributed by atoms with van der Waals surface area (Å²) in [5, 5.41) is 7.38. The minimum absolute atomic E-state index is 0. The number of thioether (sulfide) groups is 1. The third-order valence-electron chi connectivity index (χ3n) is 4.60. The average molecular weight is 533 g/mol. The zero-order valence-corrected chi connectivity index (χ0v) is 19.9. The van der Waals surface area contributed by atoms with Gasteiger partial charge in [0.05, 0.1) is 12.2 Å². The van der Waals surface area contributed by atoms with Crippen LogP contribution in [0.5, 0.6) is 0 Å². The number of hydrogen-bond donors (Lipinski definition) is 1. The topological polar surface area (TPSA) is 56.9 Å². The van der Waals surface area contributed by atoms with Crippen LogP contribution in [0.15, 0.2) is 46.1 Å². The Hall–Kier alpha value is -1.33. The van der Waals surface area contributed by atoms with E-state index in [2.05, 4.69) is 27.2 Å². The van der Waals surface area contributed by atoms with Crippen LogP contribution in [-0.4, -0.2) is 65.9 Å². The van der Waals surface area contributed by atoms with Crippen LogP contribution in [0.4, 0.5) is 4.39 Å². The van der Waals surface area contributed by atoms with Crippen molar-refractivity contribution in [2.75, 3.05) is 45.0 Å². The van der Waals surface area contributed by atoms with E-state index >= 15 is 0 Å². The number of rotatable bonds is 8. The summed E-state index contributed by atoms with van der Waals surface area (Å²) in [4.78, 5) is 9.45. The van der Waals surface area contributed by atoms with Gasteiger partial charge >= 0.3 is 0 Å². The molecule has 2 aromatic rings. The van der Waals surface area contributed by atoms with Gasteiger partial charge in [-0.25, -0.2) is 4.39 Å². The lowest BCUT2D eigenvalue weighted by Crippen LogP contribution is -2.52. The van der Waals surface area contributed by atoms with E-state index in [1.165, 1.54) is 6.07 Å². The van der Waals surface area contributed by atoms with Crippen molar-refractivity contribution >= 4 is 41.7 Å². The average Bonchev–Trinajstić information content (AvgIpc) is 3.22. The molecule has 6 nitrogen and oxygen atoms in total. The molecule has 0 aliphatic carbocycles. The Balaban J connectivity index is 0.00000300. The molecule has 160 valence electrons. The Kier molecular flexibility index (Phi) is 10.8. The van der Waals surface area contributed by atoms with Crippen LogP contribution >= 0.6 is 35.7 Å². The van der Waals surface area contributed by atoms with Gasteiger partial charge in [0.2, 0.25) is 0 Å². The first kappa shape index (κ1) is 23.9. The maximum absolute atomic E-state index is 13.7. The number of nitrogens with one attached hydrogen (secondary N) is 1. The van der Waals surface area contributed by atoms with Crippen LogP contribution in [0, 0.1) is 5.82 Å². The summed E-state index contributed by atoms with van der Waals surface area (Å²) in [6, 6.07) is 8.87. The molecule has 2 heterocycles. The third kappa shape index (κ3) is 7.78. The molecule has 1 fully saturated rings. The predicted octanol–water partition coefficient (Wildman–Crippen LogP) is 3.45. The lowest BCUT2D eigenvalue weighted by Gasteiger charge is -2.36. The van der Waals surface area contributed by atoms with Crippen LogP contribution in [0.25, 0.3) is 0 Å². The van der Waals surface area contributed by atoms with Crippen molar-refractivity contribution in [2.45, 2.75) is 19.2 Å². The van der Waals surface area contributed by atoms with Crippen molar-refractivity contribution in [1.29, 1.82) is 0 Å². The lowest BCUT2D eigenvalue weighted by atomic mass is 10.2. The van der Waals surface area contributed by atoms with E-state index in [0.717, 1.165) is 68.8 Å². The van der Waals surface area contributed by atoms with Gasteiger partial charge in [-0.05, 0) is 18.6 Å². The van der Waals surface area contributed by atoms with Crippen LogP contribution in [0.3, 0.4) is 0 Å². The molecule has 9 heteroatoms. The molecule has 0 unspecified atom stereocenters. The van der Waals surface area contributed by atoms with Crippen LogP contribution < -0.4 is 5.32 Å². The van der Waals surface area contributed by atoms with E-state index in [9.17, 15) is 4.39 Å². The number of guanidine groups is 1. The lowest BCUT2D eigenvalue weighted by molar-refractivity contribution is 0.169. The first-order chi connectivity index (χ1) is 13.8. The minimum Gasteiger partial charge on any atom is -0.364 e. The maximum Gasteiger partial charge on any atom is 0.194 e. The highest BCUT2D eigenvalue weighted by Gasteiger charge is 2.20. The zero-order valence-electron chi connectivity index (χ0n) is 16.7. The maximum atomic E-state index is 13.7. The fraction of sp³-hybridized carbons (Fsp3) is 0.500. The first-order valence-corrected chi connectivity index (χ1v) is 10.9. The van der Waals surface area contributed by atoms with Gasteiger partial charge in [-0.2, -0.15) is 11.8 Å². The molecule has 1 aliphatic rings. The van der Waals surface area contributed by atoms with Crippen molar-refractivity contribution in [3.05, 3.63) is 53.7 Å². The van der Waals surface area contributed by atoms with Crippen molar-refractivity contribution in [1.82, 2.24) is 20.3 Å². The SMILES string of the molecule is CCNC(=NCCSCc1ccccc1F)N1CCN(Cc2ccon2)CC1.I. The largest absolute Gasteiger partial charge is 0.364 e. The second-order valence-corrected chi connectivity index (χ2v) is 7.74. The Bertz CT molecular complexity index is 738. The Morgan fingerprint density at radius 1 is 1.24 bits per heavy atom. The van der Waals surface area contributed by atoms with Gasteiger partial charge in [0.1, 0.15) is 12.1 Å². The molecule has 0 spiro atoms. The number of halogens is 2. The van der Waals surface area contributed by atoms with Gasteiger partial charge in [-0.1, -0.05) is 23.4 Å². The van der Waals surface area contributed by atoms with E-state index < -0.39 is 0 Å². The number of hydrogen-bond acceptors (Lipinski definition) is 5. The fourth-order valence-corrected chi connectivity index (χ4v) is 3.92. The van der Waals surface area contributed by atoms with Crippen LogP contribution in [0.2, 0.25) is 0 Å². The van der Waals surface area contributed by atoms with Gasteiger partial charge in [0, 0.05) is 56.8 Å². The molecule has 0 amide bonds. The van der Waals surface area contributed by atoms with Gasteiger partial charge < -0.3 is 14.7 Å². The van der Waals surface area contributed by atoms with Gasteiger partial charge in [-0.3, -0.25) is 9.89 Å². The molecular formula is C20H29FIN5OS. The van der Waals surface area contributed by atoms with Crippen LogP contribution in [0.1, 0.15) is 18.2 Å². The summed E-state index contributed by atoms with van der Waals surface area (Å²) < 4.78 is 18.6. The number of piperazine rings is 1. The van der Waals surface area contributed by atoms with Gasteiger partial charge in [0.25, 0.3) is 0 Å². The molecule has 0 radical (unpaired) electrons. The minimum atomic E-state index is -0.129. The number of aliphatic imine (C=N–C) groups is 1. The van der Waals surface area contributed by atoms with E-state index in [0.29, 0.717) is 5.75 Å². The molecule has 0 bridgehead atoms. The molecule has 1 aliphatic heterocycles. The second-order valence-electron chi connectivity index (χ2n) is 6.63. The third-order valence-corrected chi connectivity index (χ3v) is 5.58. The molecule has 1 aromatic carbocycles. The highest BCUT2D eigenvalue weighted by Crippen LogP contribution is 2.15. The van der Waals surface area contributed by atoms with Crippen molar-refractivity contribution < 1.29 is 8.91 Å². The normalized spacial score (nSPS) is 15.2.